The molecular formula is C24H25N3O4S. The Kier molecular flexibility index (Phi) is 7.99. The van der Waals surface area contributed by atoms with Gasteiger partial charge in [0.2, 0.25) is 0 Å². The number of sulfonamides is 1. The number of benzene rings is 3. The van der Waals surface area contributed by atoms with Crippen molar-refractivity contribution >= 4 is 27.8 Å². The molecule has 3 rings (SSSR count). The molecule has 3 aromatic carbocycles. The van der Waals surface area contributed by atoms with Crippen molar-refractivity contribution in [3.63, 3.8) is 0 Å². The van der Waals surface area contributed by atoms with Crippen molar-refractivity contribution < 1.29 is 17.9 Å². The van der Waals surface area contributed by atoms with Gasteiger partial charge in [0.25, 0.3) is 15.9 Å². The molecule has 0 heterocycles. The van der Waals surface area contributed by atoms with Crippen molar-refractivity contribution in [2.24, 2.45) is 5.10 Å². The van der Waals surface area contributed by atoms with Crippen molar-refractivity contribution in [1.29, 1.82) is 0 Å². The summed E-state index contributed by atoms with van der Waals surface area (Å²) < 4.78 is 32.9. The highest BCUT2D eigenvalue weighted by atomic mass is 32.2. The Morgan fingerprint density at radius 2 is 1.59 bits per heavy atom. The zero-order chi connectivity index (χ0) is 22.8. The van der Waals surface area contributed by atoms with Crippen molar-refractivity contribution in [3.8, 4) is 5.75 Å². The fraction of sp³-hybridized carbons (Fsp3) is 0.167. The van der Waals surface area contributed by atoms with E-state index in [2.05, 4.69) is 10.5 Å². The summed E-state index contributed by atoms with van der Waals surface area (Å²) in [4.78, 5) is 12.6. The number of ether oxygens (including phenoxy) is 1. The SMILES string of the molecule is CCCOc1ccc(/C=N\NC(=O)CN(c2ccccc2)S(=O)(=O)c2ccccc2)cc1. The van der Waals surface area contributed by atoms with Crippen LogP contribution in [0.1, 0.15) is 18.9 Å². The highest BCUT2D eigenvalue weighted by Gasteiger charge is 2.26. The lowest BCUT2D eigenvalue weighted by atomic mass is 10.2. The first-order chi connectivity index (χ1) is 15.5. The van der Waals surface area contributed by atoms with E-state index in [9.17, 15) is 13.2 Å². The first-order valence-corrected chi connectivity index (χ1v) is 11.6. The third-order valence-electron chi connectivity index (χ3n) is 4.42. The van der Waals surface area contributed by atoms with Crippen LogP contribution in [0.15, 0.2) is 94.9 Å². The van der Waals surface area contributed by atoms with E-state index < -0.39 is 22.5 Å². The van der Waals surface area contributed by atoms with Crippen molar-refractivity contribution in [3.05, 3.63) is 90.5 Å². The number of carbonyl (C=O) groups excluding carboxylic acids is 1. The lowest BCUT2D eigenvalue weighted by Gasteiger charge is -2.23. The van der Waals surface area contributed by atoms with Gasteiger partial charge >= 0.3 is 0 Å². The molecule has 0 aliphatic carbocycles. The Morgan fingerprint density at radius 3 is 2.22 bits per heavy atom. The van der Waals surface area contributed by atoms with Gasteiger partial charge in [-0.2, -0.15) is 5.10 Å². The second-order valence-corrected chi connectivity index (χ2v) is 8.73. The van der Waals surface area contributed by atoms with E-state index in [4.69, 9.17) is 4.74 Å². The van der Waals surface area contributed by atoms with Gasteiger partial charge < -0.3 is 4.74 Å². The molecule has 0 radical (unpaired) electrons. The van der Waals surface area contributed by atoms with Gasteiger partial charge in [-0.1, -0.05) is 43.3 Å². The summed E-state index contributed by atoms with van der Waals surface area (Å²) in [5.41, 5.74) is 3.55. The molecule has 1 N–H and O–H groups in total. The quantitative estimate of drug-likeness (QED) is 0.375. The first-order valence-electron chi connectivity index (χ1n) is 10.2. The molecule has 3 aromatic rings. The number of hydrogen-bond donors (Lipinski definition) is 1. The summed E-state index contributed by atoms with van der Waals surface area (Å²) >= 11 is 0. The minimum atomic E-state index is -3.93. The topological polar surface area (TPSA) is 88.1 Å². The average Bonchev–Trinajstić information content (AvgIpc) is 2.83. The van der Waals surface area contributed by atoms with Gasteiger partial charge in [0.05, 0.1) is 23.4 Å². The standard InChI is InChI=1S/C24H25N3O4S/c1-2-17-31-22-15-13-20(14-16-22)18-25-26-24(28)19-27(21-9-5-3-6-10-21)32(29,30)23-11-7-4-8-12-23/h3-16,18H,2,17,19H2,1H3,(H,26,28)/b25-18-. The molecule has 0 saturated heterocycles. The Bertz CT molecular complexity index is 1130. The van der Waals surface area contributed by atoms with Crippen LogP contribution in [0, 0.1) is 0 Å². The number of hydrazone groups is 1. The Labute approximate surface area is 188 Å². The van der Waals surface area contributed by atoms with Crippen LogP contribution in [-0.2, 0) is 14.8 Å². The molecule has 0 bridgehead atoms. The summed E-state index contributed by atoms with van der Waals surface area (Å²) in [6, 6.07) is 23.8. The molecule has 32 heavy (non-hydrogen) atoms. The number of nitrogens with one attached hydrogen (secondary N) is 1. The normalized spacial score (nSPS) is 11.3. The van der Waals surface area contributed by atoms with E-state index in [-0.39, 0.29) is 4.90 Å². The molecule has 0 aromatic heterocycles. The minimum Gasteiger partial charge on any atom is -0.494 e. The molecule has 0 aliphatic rings. The van der Waals surface area contributed by atoms with Gasteiger partial charge in [0, 0.05) is 0 Å². The third kappa shape index (κ3) is 6.18. The highest BCUT2D eigenvalue weighted by Crippen LogP contribution is 2.23. The molecule has 166 valence electrons. The van der Waals surface area contributed by atoms with Gasteiger partial charge in [-0.25, -0.2) is 13.8 Å². The second kappa shape index (κ2) is 11.1. The van der Waals surface area contributed by atoms with E-state index >= 15 is 0 Å². The molecule has 0 spiro atoms. The molecule has 1 amide bonds. The van der Waals surface area contributed by atoms with Crippen LogP contribution in [0.5, 0.6) is 5.75 Å². The Balaban J connectivity index is 1.70. The fourth-order valence-corrected chi connectivity index (χ4v) is 4.29. The molecular weight excluding hydrogens is 426 g/mol. The Hall–Kier alpha value is -3.65. The van der Waals surface area contributed by atoms with E-state index in [1.54, 1.807) is 48.5 Å². The summed E-state index contributed by atoms with van der Waals surface area (Å²) in [5.74, 6) is 0.199. The molecule has 0 atom stereocenters. The van der Waals surface area contributed by atoms with Crippen molar-refractivity contribution in [2.45, 2.75) is 18.2 Å². The van der Waals surface area contributed by atoms with Crippen LogP contribution >= 0.6 is 0 Å². The summed E-state index contributed by atoms with van der Waals surface area (Å²) in [7, 11) is -3.93. The van der Waals surface area contributed by atoms with E-state index in [1.807, 2.05) is 31.2 Å². The van der Waals surface area contributed by atoms with Crippen LogP contribution in [0.25, 0.3) is 0 Å². The molecule has 0 saturated carbocycles. The summed E-state index contributed by atoms with van der Waals surface area (Å²) in [6.07, 6.45) is 2.41. The number of rotatable bonds is 10. The smallest absolute Gasteiger partial charge is 0.264 e. The summed E-state index contributed by atoms with van der Waals surface area (Å²) in [6.45, 7) is 2.27. The van der Waals surface area contributed by atoms with E-state index in [0.717, 1.165) is 22.0 Å². The van der Waals surface area contributed by atoms with Gasteiger partial charge in [0.1, 0.15) is 12.3 Å². The molecule has 7 nitrogen and oxygen atoms in total. The maximum atomic E-state index is 13.2. The van der Waals surface area contributed by atoms with Gasteiger partial charge in [-0.15, -0.1) is 0 Å². The number of carbonyl (C=O) groups is 1. The molecule has 0 fully saturated rings. The van der Waals surface area contributed by atoms with Crippen LogP contribution in [-0.4, -0.2) is 33.7 Å². The third-order valence-corrected chi connectivity index (χ3v) is 6.21. The van der Waals surface area contributed by atoms with E-state index in [1.165, 1.54) is 18.3 Å². The Morgan fingerprint density at radius 1 is 0.969 bits per heavy atom. The van der Waals surface area contributed by atoms with Crippen LogP contribution in [0.3, 0.4) is 0 Å². The zero-order valence-corrected chi connectivity index (χ0v) is 18.5. The number of amides is 1. The molecule has 0 aliphatic heterocycles. The number of hydrogen-bond acceptors (Lipinski definition) is 5. The van der Waals surface area contributed by atoms with Crippen molar-refractivity contribution in [1.82, 2.24) is 5.43 Å². The fourth-order valence-electron chi connectivity index (χ4n) is 2.84. The van der Waals surface area contributed by atoms with E-state index in [0.29, 0.717) is 12.3 Å². The van der Waals surface area contributed by atoms with Crippen LogP contribution in [0.4, 0.5) is 5.69 Å². The molecule has 8 heteroatoms. The monoisotopic (exact) mass is 451 g/mol. The number of nitrogens with zero attached hydrogens (tertiary/aromatic N) is 2. The van der Waals surface area contributed by atoms with Gasteiger partial charge in [-0.05, 0) is 60.5 Å². The van der Waals surface area contributed by atoms with Gasteiger partial charge in [0.15, 0.2) is 0 Å². The largest absolute Gasteiger partial charge is 0.494 e. The number of anilines is 1. The first kappa shape index (κ1) is 23.0. The molecule has 0 unspecified atom stereocenters. The minimum absolute atomic E-state index is 0.102. The van der Waals surface area contributed by atoms with Crippen LogP contribution in [0.2, 0.25) is 0 Å². The van der Waals surface area contributed by atoms with Crippen molar-refractivity contribution in [2.75, 3.05) is 17.5 Å². The highest BCUT2D eigenvalue weighted by molar-refractivity contribution is 7.92. The predicted octanol–water partition coefficient (Wildman–Crippen LogP) is 3.82. The second-order valence-electron chi connectivity index (χ2n) is 6.87. The lowest BCUT2D eigenvalue weighted by Crippen LogP contribution is -2.39. The maximum Gasteiger partial charge on any atom is 0.264 e. The maximum absolute atomic E-state index is 13.2. The number of para-hydroxylation sites is 1. The average molecular weight is 452 g/mol. The zero-order valence-electron chi connectivity index (χ0n) is 17.7. The summed E-state index contributed by atoms with van der Waals surface area (Å²) in [5, 5.41) is 3.95. The predicted molar refractivity (Wildman–Crippen MR) is 125 cm³/mol. The lowest BCUT2D eigenvalue weighted by molar-refractivity contribution is -0.119. The van der Waals surface area contributed by atoms with Gasteiger partial charge in [-0.3, -0.25) is 9.10 Å². The van der Waals surface area contributed by atoms with Crippen LogP contribution < -0.4 is 14.5 Å².